The van der Waals surface area contributed by atoms with E-state index in [-0.39, 0.29) is 11.3 Å². The van der Waals surface area contributed by atoms with Gasteiger partial charge in [0, 0.05) is 15.4 Å². The Morgan fingerprint density at radius 1 is 1.08 bits per heavy atom. The molecule has 0 aliphatic carbocycles. The van der Waals surface area contributed by atoms with Crippen molar-refractivity contribution in [3.63, 3.8) is 0 Å². The maximum absolute atomic E-state index is 12.4. The number of carbonyl (C=O) groups is 1. The third kappa shape index (κ3) is 4.17. The maximum Gasteiger partial charge on any atom is 0.258 e. The molecular formula is C20H19BrN2OS. The van der Waals surface area contributed by atoms with Crippen LogP contribution in [0.1, 0.15) is 36.7 Å². The normalized spacial score (nSPS) is 11.4. The van der Waals surface area contributed by atoms with Crippen LogP contribution in [0.2, 0.25) is 0 Å². The Morgan fingerprint density at radius 2 is 1.76 bits per heavy atom. The first-order valence-corrected chi connectivity index (χ1v) is 9.64. The second-order valence-corrected chi connectivity index (χ2v) is 8.51. The van der Waals surface area contributed by atoms with Gasteiger partial charge in [-0.15, -0.1) is 11.3 Å². The number of aromatic nitrogens is 1. The summed E-state index contributed by atoms with van der Waals surface area (Å²) < 4.78 is 0.766. The number of amides is 1. The van der Waals surface area contributed by atoms with Gasteiger partial charge < -0.3 is 0 Å². The van der Waals surface area contributed by atoms with Crippen LogP contribution in [0.5, 0.6) is 0 Å². The average Bonchev–Trinajstić information content (AvgIpc) is 3.03. The van der Waals surface area contributed by atoms with Crippen molar-refractivity contribution in [2.45, 2.75) is 26.2 Å². The molecule has 1 aromatic heterocycles. The molecule has 0 unspecified atom stereocenters. The highest BCUT2D eigenvalue weighted by Crippen LogP contribution is 2.29. The molecule has 2 aromatic carbocycles. The van der Waals surface area contributed by atoms with Crippen LogP contribution >= 0.6 is 27.3 Å². The molecule has 0 saturated heterocycles. The van der Waals surface area contributed by atoms with E-state index in [9.17, 15) is 4.79 Å². The summed E-state index contributed by atoms with van der Waals surface area (Å²) in [7, 11) is 0. The van der Waals surface area contributed by atoms with Crippen LogP contribution in [0.15, 0.2) is 58.4 Å². The molecule has 3 aromatic rings. The molecule has 0 aliphatic heterocycles. The van der Waals surface area contributed by atoms with E-state index >= 15 is 0 Å². The van der Waals surface area contributed by atoms with Gasteiger partial charge in [0.05, 0.1) is 11.3 Å². The van der Waals surface area contributed by atoms with Gasteiger partial charge in [-0.05, 0) is 39.0 Å². The van der Waals surface area contributed by atoms with Crippen molar-refractivity contribution in [1.29, 1.82) is 0 Å². The number of hydrogen-bond donors (Lipinski definition) is 1. The van der Waals surface area contributed by atoms with Gasteiger partial charge in [-0.3, -0.25) is 10.1 Å². The molecular weight excluding hydrogens is 396 g/mol. The zero-order chi connectivity index (χ0) is 18.0. The summed E-state index contributed by atoms with van der Waals surface area (Å²) in [6, 6.07) is 15.8. The van der Waals surface area contributed by atoms with Gasteiger partial charge in [0.1, 0.15) is 0 Å². The zero-order valence-corrected chi connectivity index (χ0v) is 16.7. The highest BCUT2D eigenvalue weighted by atomic mass is 79.9. The van der Waals surface area contributed by atoms with Crippen molar-refractivity contribution in [1.82, 2.24) is 4.98 Å². The van der Waals surface area contributed by atoms with Crippen molar-refractivity contribution in [2.75, 3.05) is 5.32 Å². The van der Waals surface area contributed by atoms with E-state index in [0.717, 1.165) is 15.7 Å². The number of nitrogens with one attached hydrogen (secondary N) is 1. The minimum atomic E-state index is -0.170. The number of thiazole rings is 1. The zero-order valence-electron chi connectivity index (χ0n) is 14.3. The van der Waals surface area contributed by atoms with Gasteiger partial charge in [-0.1, -0.05) is 57.2 Å². The smallest absolute Gasteiger partial charge is 0.258 e. The lowest BCUT2D eigenvalue weighted by molar-refractivity contribution is 0.102. The molecule has 1 N–H and O–H groups in total. The summed E-state index contributed by atoms with van der Waals surface area (Å²) in [6.07, 6.45) is 0. The minimum absolute atomic E-state index is 0.128. The second kappa shape index (κ2) is 7.10. The lowest BCUT2D eigenvalue weighted by Crippen LogP contribution is -2.12. The molecule has 0 atom stereocenters. The van der Waals surface area contributed by atoms with Gasteiger partial charge in [-0.2, -0.15) is 0 Å². The fourth-order valence-corrected chi connectivity index (χ4v) is 3.59. The van der Waals surface area contributed by atoms with Crippen LogP contribution in [-0.2, 0) is 5.41 Å². The molecule has 128 valence electrons. The SMILES string of the molecule is CC(C)(C)c1ccc(-c2csc(NC(=O)c3ccccc3Br)n2)cc1. The number of anilines is 1. The predicted octanol–water partition coefficient (Wildman–Crippen LogP) is 6.12. The summed E-state index contributed by atoms with van der Waals surface area (Å²) in [5, 5.41) is 5.42. The summed E-state index contributed by atoms with van der Waals surface area (Å²) >= 11 is 4.82. The van der Waals surface area contributed by atoms with E-state index in [1.54, 1.807) is 6.07 Å². The fourth-order valence-electron chi connectivity index (χ4n) is 2.41. The number of benzene rings is 2. The summed E-state index contributed by atoms with van der Waals surface area (Å²) in [5.41, 5.74) is 3.92. The molecule has 3 rings (SSSR count). The molecule has 0 spiro atoms. The van der Waals surface area contributed by atoms with Crippen LogP contribution < -0.4 is 5.32 Å². The number of nitrogens with zero attached hydrogens (tertiary/aromatic N) is 1. The first-order chi connectivity index (χ1) is 11.8. The third-order valence-corrected chi connectivity index (χ3v) is 5.34. The lowest BCUT2D eigenvalue weighted by atomic mass is 9.86. The summed E-state index contributed by atoms with van der Waals surface area (Å²) in [4.78, 5) is 16.9. The van der Waals surface area contributed by atoms with Gasteiger partial charge >= 0.3 is 0 Å². The van der Waals surface area contributed by atoms with E-state index < -0.39 is 0 Å². The van der Waals surface area contributed by atoms with E-state index in [2.05, 4.69) is 71.3 Å². The maximum atomic E-state index is 12.4. The quantitative estimate of drug-likeness (QED) is 0.560. The summed E-state index contributed by atoms with van der Waals surface area (Å²) in [5.74, 6) is -0.170. The molecule has 0 saturated carbocycles. The van der Waals surface area contributed by atoms with Crippen LogP contribution in [0.4, 0.5) is 5.13 Å². The van der Waals surface area contributed by atoms with E-state index in [1.807, 2.05) is 23.6 Å². The Morgan fingerprint density at radius 3 is 2.40 bits per heavy atom. The van der Waals surface area contributed by atoms with Crippen molar-refractivity contribution in [3.05, 3.63) is 69.5 Å². The first-order valence-electron chi connectivity index (χ1n) is 7.97. The van der Waals surface area contributed by atoms with E-state index in [1.165, 1.54) is 16.9 Å². The predicted molar refractivity (Wildman–Crippen MR) is 108 cm³/mol. The molecule has 3 nitrogen and oxygen atoms in total. The monoisotopic (exact) mass is 414 g/mol. The number of hydrogen-bond acceptors (Lipinski definition) is 3. The van der Waals surface area contributed by atoms with Crippen molar-refractivity contribution < 1.29 is 4.79 Å². The summed E-state index contributed by atoms with van der Waals surface area (Å²) in [6.45, 7) is 6.58. The standard InChI is InChI=1S/C20H19BrN2OS/c1-20(2,3)14-10-8-13(9-11-14)17-12-25-19(22-17)23-18(24)15-6-4-5-7-16(15)21/h4-12H,1-3H3,(H,22,23,24). The Labute approximate surface area is 160 Å². The molecule has 0 bridgehead atoms. The highest BCUT2D eigenvalue weighted by molar-refractivity contribution is 9.10. The molecule has 0 aliphatic rings. The Kier molecular flexibility index (Phi) is 5.06. The van der Waals surface area contributed by atoms with Crippen LogP contribution in [-0.4, -0.2) is 10.9 Å². The van der Waals surface area contributed by atoms with Crippen LogP contribution in [0.25, 0.3) is 11.3 Å². The number of halogens is 1. The molecule has 1 amide bonds. The van der Waals surface area contributed by atoms with Crippen molar-refractivity contribution >= 4 is 38.3 Å². The highest BCUT2D eigenvalue weighted by Gasteiger charge is 2.15. The van der Waals surface area contributed by atoms with E-state index in [0.29, 0.717) is 10.7 Å². The third-order valence-electron chi connectivity index (χ3n) is 3.89. The van der Waals surface area contributed by atoms with E-state index in [4.69, 9.17) is 0 Å². The largest absolute Gasteiger partial charge is 0.298 e. The van der Waals surface area contributed by atoms with Gasteiger partial charge in [0.25, 0.3) is 5.91 Å². The van der Waals surface area contributed by atoms with Gasteiger partial charge in [0.2, 0.25) is 0 Å². The van der Waals surface area contributed by atoms with Crippen molar-refractivity contribution in [2.24, 2.45) is 0 Å². The topological polar surface area (TPSA) is 42.0 Å². The van der Waals surface area contributed by atoms with Gasteiger partial charge in [-0.25, -0.2) is 4.98 Å². The van der Waals surface area contributed by atoms with Gasteiger partial charge in [0.15, 0.2) is 5.13 Å². The Hall–Kier alpha value is -1.98. The average molecular weight is 415 g/mol. The molecule has 0 radical (unpaired) electrons. The molecule has 5 heteroatoms. The number of carbonyl (C=O) groups excluding carboxylic acids is 1. The first kappa shape index (κ1) is 17.8. The molecule has 25 heavy (non-hydrogen) atoms. The minimum Gasteiger partial charge on any atom is -0.298 e. The van der Waals surface area contributed by atoms with Crippen LogP contribution in [0, 0.1) is 0 Å². The Balaban J connectivity index is 1.76. The second-order valence-electron chi connectivity index (χ2n) is 6.80. The molecule has 1 heterocycles. The number of rotatable bonds is 3. The molecule has 0 fully saturated rings. The van der Waals surface area contributed by atoms with Crippen molar-refractivity contribution in [3.8, 4) is 11.3 Å². The lowest BCUT2D eigenvalue weighted by Gasteiger charge is -2.18. The Bertz CT molecular complexity index is 895. The van der Waals surface area contributed by atoms with Crippen LogP contribution in [0.3, 0.4) is 0 Å². The fraction of sp³-hybridized carbons (Fsp3) is 0.200.